The molecule has 14 heavy (non-hydrogen) atoms. The van der Waals surface area contributed by atoms with E-state index in [1.807, 2.05) is 12.3 Å². The van der Waals surface area contributed by atoms with Crippen LogP contribution in [-0.2, 0) is 0 Å². The maximum atomic E-state index is 3.38. The largest absolute Gasteiger partial charge is 0.365 e. The lowest BCUT2D eigenvalue weighted by Gasteiger charge is -2.17. The summed E-state index contributed by atoms with van der Waals surface area (Å²) >= 11 is 0. The van der Waals surface area contributed by atoms with Gasteiger partial charge >= 0.3 is 0 Å². The Morgan fingerprint density at radius 1 is 1.14 bits per heavy atom. The second kappa shape index (κ2) is 5.04. The molecule has 0 saturated heterocycles. The minimum absolute atomic E-state index is 0.713. The van der Waals surface area contributed by atoms with Crippen molar-refractivity contribution in [3.05, 3.63) is 42.6 Å². The Kier molecular flexibility index (Phi) is 3.44. The second-order valence-corrected chi connectivity index (χ2v) is 4.02. The number of allylic oxidation sites excluding steroid dienone is 5. The number of nitrogens with one attached hydrogen (secondary N) is 1. The fourth-order valence-corrected chi connectivity index (χ4v) is 2.12. The molecule has 1 radical (unpaired) electrons. The van der Waals surface area contributed by atoms with Crippen LogP contribution in [0.5, 0.6) is 0 Å². The zero-order valence-electron chi connectivity index (χ0n) is 8.58. The van der Waals surface area contributed by atoms with E-state index < -0.39 is 0 Å². The van der Waals surface area contributed by atoms with Crippen LogP contribution in [-0.4, -0.2) is 0 Å². The van der Waals surface area contributed by atoms with Gasteiger partial charge in [0.25, 0.3) is 0 Å². The molecule has 1 heterocycles. The van der Waals surface area contributed by atoms with Gasteiger partial charge in [0.05, 0.1) is 0 Å². The fraction of sp³-hybridized carbons (Fsp3) is 0.462. The smallest absolute Gasteiger partial charge is 0.0178 e. The molecule has 1 unspecified atom stereocenters. The van der Waals surface area contributed by atoms with Gasteiger partial charge in [-0.05, 0) is 37.3 Å². The molecule has 1 saturated carbocycles. The minimum Gasteiger partial charge on any atom is -0.365 e. The lowest BCUT2D eigenvalue weighted by Crippen LogP contribution is -2.14. The van der Waals surface area contributed by atoms with E-state index in [-0.39, 0.29) is 0 Å². The normalized spacial score (nSPS) is 23.6. The van der Waals surface area contributed by atoms with Gasteiger partial charge in [0.15, 0.2) is 0 Å². The molecular weight excluding hydrogens is 170 g/mol. The van der Waals surface area contributed by atoms with Gasteiger partial charge in [0.1, 0.15) is 0 Å². The predicted molar refractivity (Wildman–Crippen MR) is 60.4 cm³/mol. The van der Waals surface area contributed by atoms with Crippen LogP contribution in [0.15, 0.2) is 36.2 Å². The zero-order chi connectivity index (χ0) is 9.64. The lowest BCUT2D eigenvalue weighted by molar-refractivity contribution is 0.534. The van der Waals surface area contributed by atoms with Gasteiger partial charge in [-0.15, -0.1) is 0 Å². The van der Waals surface area contributed by atoms with E-state index in [0.717, 1.165) is 0 Å². The molecule has 1 fully saturated rings. The third kappa shape index (κ3) is 2.50. The molecule has 1 aliphatic carbocycles. The van der Waals surface area contributed by atoms with Crippen LogP contribution in [0.4, 0.5) is 0 Å². The van der Waals surface area contributed by atoms with E-state index in [9.17, 15) is 0 Å². The van der Waals surface area contributed by atoms with Gasteiger partial charge in [-0.1, -0.05) is 31.4 Å². The van der Waals surface area contributed by atoms with Crippen molar-refractivity contribution in [2.45, 2.75) is 32.1 Å². The van der Waals surface area contributed by atoms with Crippen molar-refractivity contribution in [3.8, 4) is 0 Å². The van der Waals surface area contributed by atoms with E-state index in [1.165, 1.54) is 37.8 Å². The van der Waals surface area contributed by atoms with Crippen LogP contribution in [0.25, 0.3) is 0 Å². The van der Waals surface area contributed by atoms with Crippen LogP contribution in [0.1, 0.15) is 32.1 Å². The summed E-state index contributed by atoms with van der Waals surface area (Å²) in [4.78, 5) is 0. The van der Waals surface area contributed by atoms with Gasteiger partial charge < -0.3 is 5.32 Å². The first-order chi connectivity index (χ1) is 6.97. The van der Waals surface area contributed by atoms with E-state index in [1.54, 1.807) is 0 Å². The second-order valence-electron chi connectivity index (χ2n) is 4.02. The molecule has 0 aromatic rings. The highest BCUT2D eigenvalue weighted by molar-refractivity contribution is 5.23. The van der Waals surface area contributed by atoms with Crippen LogP contribution in [0, 0.1) is 12.3 Å². The van der Waals surface area contributed by atoms with Crippen molar-refractivity contribution in [1.29, 1.82) is 0 Å². The molecule has 1 aliphatic heterocycles. The SMILES string of the molecule is [CH]1CCCCC(C2=CC=CC=CN2)C1. The molecule has 0 amide bonds. The van der Waals surface area contributed by atoms with Crippen molar-refractivity contribution in [2.24, 2.45) is 5.92 Å². The summed E-state index contributed by atoms with van der Waals surface area (Å²) in [6, 6.07) is 0. The zero-order valence-corrected chi connectivity index (χ0v) is 8.58. The topological polar surface area (TPSA) is 12.0 Å². The average Bonchev–Trinajstić information content (AvgIpc) is 2.62. The summed E-state index contributed by atoms with van der Waals surface area (Å²) in [5.74, 6) is 0.713. The molecule has 1 N–H and O–H groups in total. The van der Waals surface area contributed by atoms with E-state index >= 15 is 0 Å². The summed E-state index contributed by atoms with van der Waals surface area (Å²) in [6.07, 6.45) is 19.5. The molecular formula is C13H18N. The molecule has 2 aliphatic rings. The first-order valence-corrected chi connectivity index (χ1v) is 5.58. The summed E-state index contributed by atoms with van der Waals surface area (Å²) in [7, 11) is 0. The highest BCUT2D eigenvalue weighted by atomic mass is 14.9. The molecule has 0 bridgehead atoms. The Labute approximate surface area is 86.6 Å². The molecule has 1 atom stereocenters. The van der Waals surface area contributed by atoms with Crippen LogP contribution in [0.2, 0.25) is 0 Å². The van der Waals surface area contributed by atoms with Crippen LogP contribution in [0.3, 0.4) is 0 Å². The Balaban J connectivity index is 2.01. The standard InChI is InChI=1S/C13H18N/c1-2-5-9-12(8-4-1)13-10-6-3-7-11-14-13/h3-4,6-7,10-12,14H,1-2,5,8-9H2. The first kappa shape index (κ1) is 9.57. The number of rotatable bonds is 1. The minimum atomic E-state index is 0.713. The Morgan fingerprint density at radius 3 is 3.14 bits per heavy atom. The summed E-state index contributed by atoms with van der Waals surface area (Å²) in [6.45, 7) is 0. The summed E-state index contributed by atoms with van der Waals surface area (Å²) in [5.41, 5.74) is 1.38. The van der Waals surface area contributed by atoms with Gasteiger partial charge in [0, 0.05) is 11.9 Å². The average molecular weight is 188 g/mol. The third-order valence-corrected chi connectivity index (χ3v) is 2.95. The summed E-state index contributed by atoms with van der Waals surface area (Å²) < 4.78 is 0. The molecule has 0 spiro atoms. The molecule has 2 rings (SSSR count). The van der Waals surface area contributed by atoms with Gasteiger partial charge in [-0.25, -0.2) is 0 Å². The van der Waals surface area contributed by atoms with Gasteiger partial charge in [-0.2, -0.15) is 0 Å². The Hall–Kier alpha value is -0.980. The predicted octanol–water partition coefficient (Wildman–Crippen LogP) is 3.33. The lowest BCUT2D eigenvalue weighted by atomic mass is 9.96. The van der Waals surface area contributed by atoms with Crippen molar-refractivity contribution < 1.29 is 0 Å². The molecule has 1 heteroatoms. The van der Waals surface area contributed by atoms with Gasteiger partial charge in [0.2, 0.25) is 0 Å². The van der Waals surface area contributed by atoms with Crippen molar-refractivity contribution in [2.75, 3.05) is 0 Å². The monoisotopic (exact) mass is 188 g/mol. The van der Waals surface area contributed by atoms with Crippen molar-refractivity contribution in [3.63, 3.8) is 0 Å². The molecule has 0 aromatic carbocycles. The third-order valence-electron chi connectivity index (χ3n) is 2.95. The number of hydrogen-bond donors (Lipinski definition) is 1. The van der Waals surface area contributed by atoms with E-state index in [0.29, 0.717) is 5.92 Å². The Bertz CT molecular complexity index is 252. The quantitative estimate of drug-likeness (QED) is 0.622. The van der Waals surface area contributed by atoms with Crippen molar-refractivity contribution >= 4 is 0 Å². The molecule has 1 nitrogen and oxygen atoms in total. The van der Waals surface area contributed by atoms with Crippen LogP contribution >= 0.6 is 0 Å². The van der Waals surface area contributed by atoms with E-state index in [2.05, 4.69) is 30.0 Å². The molecule has 75 valence electrons. The van der Waals surface area contributed by atoms with Gasteiger partial charge in [-0.3, -0.25) is 0 Å². The fourth-order valence-electron chi connectivity index (χ4n) is 2.12. The van der Waals surface area contributed by atoms with Crippen molar-refractivity contribution in [1.82, 2.24) is 5.32 Å². The highest BCUT2D eigenvalue weighted by Crippen LogP contribution is 2.27. The first-order valence-electron chi connectivity index (χ1n) is 5.58. The molecule has 0 aromatic heterocycles. The maximum Gasteiger partial charge on any atom is 0.0178 e. The Morgan fingerprint density at radius 2 is 2.14 bits per heavy atom. The number of hydrogen-bond acceptors (Lipinski definition) is 1. The summed E-state index contributed by atoms with van der Waals surface area (Å²) in [5, 5.41) is 3.38. The van der Waals surface area contributed by atoms with E-state index in [4.69, 9.17) is 0 Å². The maximum absolute atomic E-state index is 3.38. The van der Waals surface area contributed by atoms with Crippen LogP contribution < -0.4 is 5.32 Å². The highest BCUT2D eigenvalue weighted by Gasteiger charge is 2.15.